The molecule has 0 saturated carbocycles. The summed E-state index contributed by atoms with van der Waals surface area (Å²) in [6.07, 6.45) is 0.716. The molecule has 1 N–H and O–H groups in total. The van der Waals surface area contributed by atoms with Gasteiger partial charge in [0.05, 0.1) is 26.8 Å². The fourth-order valence-corrected chi connectivity index (χ4v) is 2.33. The molecule has 6 heteroatoms. The van der Waals surface area contributed by atoms with Crippen molar-refractivity contribution in [3.63, 3.8) is 0 Å². The Morgan fingerprint density at radius 1 is 1.39 bits per heavy atom. The molecular formula is C17H25N3O3. The van der Waals surface area contributed by atoms with Crippen molar-refractivity contribution in [1.82, 2.24) is 10.2 Å². The maximum atomic E-state index is 12.1. The molecule has 0 bridgehead atoms. The average molecular weight is 319 g/mol. The minimum Gasteiger partial charge on any atom is -0.497 e. The molecule has 0 aliphatic carbocycles. The van der Waals surface area contributed by atoms with Crippen LogP contribution >= 0.6 is 0 Å². The fraction of sp³-hybridized carbons (Fsp3) is 0.529. The highest BCUT2D eigenvalue weighted by molar-refractivity contribution is 5.78. The first-order valence-electron chi connectivity index (χ1n) is 7.68. The van der Waals surface area contributed by atoms with E-state index in [2.05, 4.69) is 11.4 Å². The van der Waals surface area contributed by atoms with Crippen molar-refractivity contribution in [3.8, 4) is 17.6 Å². The third-order valence-corrected chi connectivity index (χ3v) is 3.65. The molecular weight excluding hydrogens is 294 g/mol. The van der Waals surface area contributed by atoms with E-state index in [4.69, 9.17) is 14.7 Å². The second kappa shape index (κ2) is 9.70. The predicted molar refractivity (Wildman–Crippen MR) is 88.6 cm³/mol. The topological polar surface area (TPSA) is 74.6 Å². The summed E-state index contributed by atoms with van der Waals surface area (Å²) >= 11 is 0. The van der Waals surface area contributed by atoms with Crippen LogP contribution in [0.3, 0.4) is 0 Å². The maximum Gasteiger partial charge on any atom is 0.237 e. The number of methoxy groups -OCH3 is 2. The Morgan fingerprint density at radius 3 is 2.70 bits per heavy atom. The molecule has 1 aromatic carbocycles. The van der Waals surface area contributed by atoms with Gasteiger partial charge in [0.15, 0.2) is 0 Å². The number of carbonyl (C=O) groups is 1. The number of carbonyl (C=O) groups excluding carboxylic acids is 1. The number of ether oxygens (including phenoxy) is 2. The van der Waals surface area contributed by atoms with Crippen molar-refractivity contribution in [2.45, 2.75) is 26.3 Å². The van der Waals surface area contributed by atoms with Crippen LogP contribution in [0.4, 0.5) is 0 Å². The summed E-state index contributed by atoms with van der Waals surface area (Å²) in [6, 6.07) is 7.32. The number of nitriles is 1. The number of amides is 1. The van der Waals surface area contributed by atoms with E-state index in [0.29, 0.717) is 19.5 Å². The van der Waals surface area contributed by atoms with E-state index >= 15 is 0 Å². The van der Waals surface area contributed by atoms with Gasteiger partial charge in [-0.2, -0.15) is 5.26 Å². The highest BCUT2D eigenvalue weighted by atomic mass is 16.5. The highest BCUT2D eigenvalue weighted by Gasteiger charge is 2.17. The monoisotopic (exact) mass is 319 g/mol. The first-order chi connectivity index (χ1) is 11.1. The second-order valence-electron chi connectivity index (χ2n) is 5.09. The minimum atomic E-state index is -0.409. The Labute approximate surface area is 138 Å². The van der Waals surface area contributed by atoms with Gasteiger partial charge in [-0.3, -0.25) is 4.79 Å². The molecule has 0 fully saturated rings. The molecule has 0 aromatic heterocycles. The zero-order valence-electron chi connectivity index (χ0n) is 14.3. The van der Waals surface area contributed by atoms with Gasteiger partial charge in [-0.25, -0.2) is 0 Å². The van der Waals surface area contributed by atoms with Crippen molar-refractivity contribution >= 4 is 5.91 Å². The summed E-state index contributed by atoms with van der Waals surface area (Å²) in [5, 5.41) is 12.0. The molecule has 1 aromatic rings. The van der Waals surface area contributed by atoms with Crippen molar-refractivity contribution < 1.29 is 14.3 Å². The Balaban J connectivity index is 2.51. The zero-order chi connectivity index (χ0) is 17.2. The van der Waals surface area contributed by atoms with Crippen LogP contribution in [0.25, 0.3) is 0 Å². The van der Waals surface area contributed by atoms with Gasteiger partial charge in [-0.15, -0.1) is 0 Å². The summed E-state index contributed by atoms with van der Waals surface area (Å²) in [7, 11) is 3.25. The fourth-order valence-electron chi connectivity index (χ4n) is 2.33. The smallest absolute Gasteiger partial charge is 0.237 e. The summed E-state index contributed by atoms with van der Waals surface area (Å²) in [6.45, 7) is 4.97. The van der Waals surface area contributed by atoms with E-state index in [1.54, 1.807) is 26.0 Å². The lowest BCUT2D eigenvalue weighted by Crippen LogP contribution is -2.43. The number of rotatable bonds is 9. The summed E-state index contributed by atoms with van der Waals surface area (Å²) in [5.41, 5.74) is 1.02. The molecule has 1 amide bonds. The first-order valence-corrected chi connectivity index (χ1v) is 7.68. The van der Waals surface area contributed by atoms with Gasteiger partial charge in [0, 0.05) is 6.54 Å². The molecule has 6 nitrogen and oxygen atoms in total. The second-order valence-corrected chi connectivity index (χ2v) is 5.09. The Kier molecular flexibility index (Phi) is 7.92. The van der Waals surface area contributed by atoms with Gasteiger partial charge in [0.2, 0.25) is 5.91 Å². The van der Waals surface area contributed by atoms with E-state index in [1.807, 2.05) is 25.1 Å². The summed E-state index contributed by atoms with van der Waals surface area (Å²) in [4.78, 5) is 13.6. The number of nitrogens with one attached hydrogen (secondary N) is 1. The van der Waals surface area contributed by atoms with Crippen LogP contribution in [0.2, 0.25) is 0 Å². The maximum absolute atomic E-state index is 12.1. The van der Waals surface area contributed by atoms with Gasteiger partial charge in [-0.1, -0.05) is 0 Å². The number of likely N-dealkylation sites (N-methyl/N-ethyl adjacent to an activating group) is 1. The molecule has 1 rings (SSSR count). The van der Waals surface area contributed by atoms with Gasteiger partial charge >= 0.3 is 0 Å². The van der Waals surface area contributed by atoms with E-state index in [1.165, 1.54) is 0 Å². The van der Waals surface area contributed by atoms with E-state index in [0.717, 1.165) is 17.1 Å². The minimum absolute atomic E-state index is 0.0702. The lowest BCUT2D eigenvalue weighted by atomic mass is 10.1. The molecule has 0 unspecified atom stereocenters. The first kappa shape index (κ1) is 18.8. The number of hydrogen-bond donors (Lipinski definition) is 1. The van der Waals surface area contributed by atoms with Crippen molar-refractivity contribution in [1.29, 1.82) is 5.26 Å². The number of hydrogen-bond acceptors (Lipinski definition) is 5. The predicted octanol–water partition coefficient (Wildman–Crippen LogP) is 1.60. The third-order valence-electron chi connectivity index (χ3n) is 3.65. The van der Waals surface area contributed by atoms with E-state index in [9.17, 15) is 4.79 Å². The molecule has 0 radical (unpaired) electrons. The molecule has 0 aliphatic rings. The van der Waals surface area contributed by atoms with Crippen LogP contribution in [0.15, 0.2) is 18.2 Å². The third kappa shape index (κ3) is 5.46. The number of benzene rings is 1. The molecule has 23 heavy (non-hydrogen) atoms. The quantitative estimate of drug-likeness (QED) is 0.700. The van der Waals surface area contributed by atoms with Gasteiger partial charge in [0.1, 0.15) is 17.5 Å². The van der Waals surface area contributed by atoms with Gasteiger partial charge < -0.3 is 19.7 Å². The van der Waals surface area contributed by atoms with Crippen LogP contribution in [0.5, 0.6) is 11.5 Å². The summed E-state index contributed by atoms with van der Waals surface area (Å²) < 4.78 is 10.5. The average Bonchev–Trinajstić information content (AvgIpc) is 2.58. The molecule has 0 aliphatic heterocycles. The molecule has 0 heterocycles. The lowest BCUT2D eigenvalue weighted by molar-refractivity contribution is -0.131. The molecule has 0 spiro atoms. The van der Waals surface area contributed by atoms with Crippen molar-refractivity contribution in [2.75, 3.05) is 33.9 Å². The van der Waals surface area contributed by atoms with Crippen molar-refractivity contribution in [3.05, 3.63) is 23.8 Å². The van der Waals surface area contributed by atoms with Crippen LogP contribution in [-0.2, 0) is 11.2 Å². The Morgan fingerprint density at radius 2 is 2.13 bits per heavy atom. The SMILES string of the molecule is CCN(C(=O)CNCCc1cc(OC)ccc1OC)[C@@H](C)C#N. The Bertz CT molecular complexity index is 555. The largest absolute Gasteiger partial charge is 0.497 e. The number of nitrogens with zero attached hydrogens (tertiary/aromatic N) is 2. The van der Waals surface area contributed by atoms with Gasteiger partial charge in [0.25, 0.3) is 0 Å². The van der Waals surface area contributed by atoms with Crippen LogP contribution in [0.1, 0.15) is 19.4 Å². The van der Waals surface area contributed by atoms with Crippen LogP contribution in [-0.4, -0.2) is 50.7 Å². The lowest BCUT2D eigenvalue weighted by Gasteiger charge is -2.23. The Hall–Kier alpha value is -2.26. The normalized spacial score (nSPS) is 11.4. The summed E-state index contributed by atoms with van der Waals surface area (Å²) in [5.74, 6) is 1.50. The highest BCUT2D eigenvalue weighted by Crippen LogP contribution is 2.24. The zero-order valence-corrected chi connectivity index (χ0v) is 14.3. The van der Waals surface area contributed by atoms with Crippen molar-refractivity contribution in [2.24, 2.45) is 0 Å². The van der Waals surface area contributed by atoms with Crippen LogP contribution in [0, 0.1) is 11.3 Å². The van der Waals surface area contributed by atoms with Crippen LogP contribution < -0.4 is 14.8 Å². The van der Waals surface area contributed by atoms with Gasteiger partial charge in [-0.05, 0) is 50.6 Å². The van der Waals surface area contributed by atoms with E-state index < -0.39 is 6.04 Å². The van der Waals surface area contributed by atoms with E-state index in [-0.39, 0.29) is 12.5 Å². The molecule has 126 valence electrons. The standard InChI is InChI=1S/C17H25N3O3/c1-5-20(13(2)11-18)17(21)12-19-9-8-14-10-15(22-3)6-7-16(14)23-4/h6-7,10,13,19H,5,8-9,12H2,1-4H3/t13-/m0/s1. The molecule has 0 saturated heterocycles. The molecule has 1 atom stereocenters.